The van der Waals surface area contributed by atoms with Gasteiger partial charge < -0.3 is 19.4 Å². The summed E-state index contributed by atoms with van der Waals surface area (Å²) in [6, 6.07) is 3.63. The fourth-order valence-corrected chi connectivity index (χ4v) is 3.65. The Balaban J connectivity index is 1.74. The first-order chi connectivity index (χ1) is 17.3. The van der Waals surface area contributed by atoms with Crippen molar-refractivity contribution in [2.75, 3.05) is 13.7 Å². The zero-order valence-electron chi connectivity index (χ0n) is 20.9. The van der Waals surface area contributed by atoms with Crippen molar-refractivity contribution < 1.29 is 31.8 Å². The van der Waals surface area contributed by atoms with Crippen LogP contribution in [-0.2, 0) is 22.2 Å². The predicted octanol–water partition coefficient (Wildman–Crippen LogP) is 4.94. The normalized spacial score (nSPS) is 13.0. The van der Waals surface area contributed by atoms with E-state index >= 15 is 0 Å². The molecule has 2 aromatic heterocycles. The molecule has 0 radical (unpaired) electrons. The molecular weight excluding hydrogens is 496 g/mol. The van der Waals surface area contributed by atoms with Gasteiger partial charge in [0.25, 0.3) is 5.56 Å². The van der Waals surface area contributed by atoms with Crippen molar-refractivity contribution in [1.82, 2.24) is 19.9 Å². The summed E-state index contributed by atoms with van der Waals surface area (Å²) in [5.74, 6) is -1.05. The van der Waals surface area contributed by atoms with Crippen molar-refractivity contribution >= 4 is 16.9 Å². The van der Waals surface area contributed by atoms with Crippen LogP contribution in [0.1, 0.15) is 39.2 Å². The SMILES string of the molecule is COCC(CCCn1ccc2cc(-c3ncc(C(F)(F)F)cn3)c(F)cc2c1=O)NC(=O)OC(C)(C)C. The molecule has 0 fully saturated rings. The number of carbonyl (C=O) groups is 1. The number of halogens is 4. The molecule has 0 aliphatic heterocycles. The van der Waals surface area contributed by atoms with Gasteiger partial charge in [0, 0.05) is 32.2 Å². The maximum Gasteiger partial charge on any atom is 0.419 e. The van der Waals surface area contributed by atoms with E-state index in [-0.39, 0.29) is 29.4 Å². The summed E-state index contributed by atoms with van der Waals surface area (Å²) in [6.07, 6.45) is -1.46. The number of hydrogen-bond donors (Lipinski definition) is 1. The molecule has 2 heterocycles. The Bertz CT molecular complexity index is 1300. The lowest BCUT2D eigenvalue weighted by Crippen LogP contribution is -2.41. The first-order valence-corrected chi connectivity index (χ1v) is 11.5. The number of nitrogens with zero attached hydrogens (tertiary/aromatic N) is 3. The van der Waals surface area contributed by atoms with E-state index in [9.17, 15) is 27.2 Å². The molecule has 0 saturated carbocycles. The van der Waals surface area contributed by atoms with Crippen LogP contribution in [0.4, 0.5) is 22.4 Å². The molecule has 1 aromatic carbocycles. The fraction of sp³-hybridized carbons (Fsp3) is 0.440. The smallest absolute Gasteiger partial charge is 0.419 e. The van der Waals surface area contributed by atoms with Gasteiger partial charge in [-0.2, -0.15) is 13.2 Å². The zero-order chi connectivity index (χ0) is 27.4. The molecule has 1 unspecified atom stereocenters. The maximum absolute atomic E-state index is 14.8. The van der Waals surface area contributed by atoms with Gasteiger partial charge in [0.1, 0.15) is 11.4 Å². The van der Waals surface area contributed by atoms with Gasteiger partial charge in [-0.3, -0.25) is 4.79 Å². The second-order valence-electron chi connectivity index (χ2n) is 9.47. The van der Waals surface area contributed by atoms with E-state index in [1.807, 2.05) is 0 Å². The number of rotatable bonds is 8. The second-order valence-corrected chi connectivity index (χ2v) is 9.47. The molecular formula is C25H28F4N4O4. The van der Waals surface area contributed by atoms with E-state index in [0.717, 1.165) is 6.07 Å². The van der Waals surface area contributed by atoms with Gasteiger partial charge in [0.15, 0.2) is 5.82 Å². The van der Waals surface area contributed by atoms with Gasteiger partial charge >= 0.3 is 12.3 Å². The molecule has 3 aromatic rings. The van der Waals surface area contributed by atoms with Crippen molar-refractivity contribution in [3.05, 3.63) is 58.5 Å². The Kier molecular flexibility index (Phi) is 8.52. The van der Waals surface area contributed by atoms with E-state index < -0.39 is 34.8 Å². The van der Waals surface area contributed by atoms with Gasteiger partial charge in [-0.25, -0.2) is 19.2 Å². The largest absolute Gasteiger partial charge is 0.444 e. The number of alkyl halides is 3. The summed E-state index contributed by atoms with van der Waals surface area (Å²) in [6.45, 7) is 5.83. The third kappa shape index (κ3) is 7.48. The number of amides is 1. The van der Waals surface area contributed by atoms with Crippen LogP contribution < -0.4 is 10.9 Å². The summed E-state index contributed by atoms with van der Waals surface area (Å²) in [7, 11) is 1.51. The average molecular weight is 525 g/mol. The molecule has 12 heteroatoms. The van der Waals surface area contributed by atoms with E-state index in [2.05, 4.69) is 15.3 Å². The predicted molar refractivity (Wildman–Crippen MR) is 128 cm³/mol. The van der Waals surface area contributed by atoms with Crippen LogP contribution in [-0.4, -0.2) is 46.0 Å². The van der Waals surface area contributed by atoms with Crippen LogP contribution in [0.25, 0.3) is 22.2 Å². The first-order valence-electron chi connectivity index (χ1n) is 11.5. The molecule has 1 N–H and O–H groups in total. The number of alkyl carbamates (subject to hydrolysis) is 1. The highest BCUT2D eigenvalue weighted by molar-refractivity contribution is 5.86. The molecule has 0 bridgehead atoms. The Labute approximate surface area is 210 Å². The summed E-state index contributed by atoms with van der Waals surface area (Å²) < 4.78 is 64.9. The fourth-order valence-electron chi connectivity index (χ4n) is 3.65. The van der Waals surface area contributed by atoms with Gasteiger partial charge in [0.05, 0.1) is 29.2 Å². The van der Waals surface area contributed by atoms with Crippen LogP contribution in [0.2, 0.25) is 0 Å². The maximum atomic E-state index is 14.8. The zero-order valence-corrected chi connectivity index (χ0v) is 20.9. The van der Waals surface area contributed by atoms with E-state index in [1.165, 1.54) is 17.7 Å². The Morgan fingerprint density at radius 1 is 1.16 bits per heavy atom. The number of benzene rings is 1. The molecule has 3 rings (SSSR count). The third-order valence-electron chi connectivity index (χ3n) is 5.32. The number of hydrogen-bond acceptors (Lipinski definition) is 6. The number of pyridine rings is 1. The summed E-state index contributed by atoms with van der Waals surface area (Å²) in [5.41, 5.74) is -2.24. The second kappa shape index (κ2) is 11.2. The number of nitrogens with one attached hydrogen (secondary N) is 1. The van der Waals surface area contributed by atoms with Crippen molar-refractivity contribution in [2.45, 2.75) is 58.0 Å². The highest BCUT2D eigenvalue weighted by atomic mass is 19.4. The molecule has 0 saturated heterocycles. The number of aryl methyl sites for hydroxylation is 1. The molecule has 200 valence electrons. The van der Waals surface area contributed by atoms with E-state index in [1.54, 1.807) is 33.0 Å². The molecule has 0 spiro atoms. The number of aromatic nitrogens is 3. The quantitative estimate of drug-likeness (QED) is 0.420. The first kappa shape index (κ1) is 28.0. The number of ether oxygens (including phenoxy) is 2. The van der Waals surface area contributed by atoms with Crippen molar-refractivity contribution in [3.63, 3.8) is 0 Å². The van der Waals surface area contributed by atoms with Crippen LogP contribution in [0.15, 0.2) is 41.6 Å². The molecule has 8 nitrogen and oxygen atoms in total. The molecule has 1 amide bonds. The van der Waals surface area contributed by atoms with Gasteiger partial charge in [-0.05, 0) is 57.2 Å². The number of carbonyl (C=O) groups excluding carboxylic acids is 1. The van der Waals surface area contributed by atoms with Crippen LogP contribution in [0.5, 0.6) is 0 Å². The Morgan fingerprint density at radius 2 is 1.84 bits per heavy atom. The number of methoxy groups -OCH3 is 1. The molecule has 0 aliphatic rings. The highest BCUT2D eigenvalue weighted by Gasteiger charge is 2.31. The Hall–Kier alpha value is -3.54. The minimum Gasteiger partial charge on any atom is -0.444 e. The van der Waals surface area contributed by atoms with Crippen molar-refractivity contribution in [1.29, 1.82) is 0 Å². The topological polar surface area (TPSA) is 95.3 Å². The molecule has 0 aliphatic carbocycles. The summed E-state index contributed by atoms with van der Waals surface area (Å²) in [5, 5.41) is 3.25. The van der Waals surface area contributed by atoms with Crippen molar-refractivity contribution in [2.24, 2.45) is 0 Å². The Morgan fingerprint density at radius 3 is 2.43 bits per heavy atom. The molecule has 37 heavy (non-hydrogen) atoms. The monoisotopic (exact) mass is 524 g/mol. The minimum absolute atomic E-state index is 0.107. The number of fused-ring (bicyclic) bond motifs is 1. The van der Waals surface area contributed by atoms with E-state index in [4.69, 9.17) is 9.47 Å². The van der Waals surface area contributed by atoms with Crippen LogP contribution in [0, 0.1) is 5.82 Å². The lowest BCUT2D eigenvalue weighted by atomic mass is 10.1. The van der Waals surface area contributed by atoms with Crippen LogP contribution >= 0.6 is 0 Å². The van der Waals surface area contributed by atoms with Gasteiger partial charge in [-0.15, -0.1) is 0 Å². The lowest BCUT2D eigenvalue weighted by Gasteiger charge is -2.23. The highest BCUT2D eigenvalue weighted by Crippen LogP contribution is 2.30. The average Bonchev–Trinajstić information content (AvgIpc) is 2.79. The minimum atomic E-state index is -4.61. The lowest BCUT2D eigenvalue weighted by molar-refractivity contribution is -0.138. The van der Waals surface area contributed by atoms with E-state index in [0.29, 0.717) is 37.2 Å². The van der Waals surface area contributed by atoms with Crippen molar-refractivity contribution in [3.8, 4) is 11.4 Å². The summed E-state index contributed by atoms with van der Waals surface area (Å²) in [4.78, 5) is 32.3. The third-order valence-corrected chi connectivity index (χ3v) is 5.32. The van der Waals surface area contributed by atoms with Gasteiger partial charge in [0.2, 0.25) is 0 Å². The standard InChI is InChI=1S/C25H28F4N4O4/c1-24(2,3)37-23(35)32-17(14-36-4)6-5-8-33-9-7-15-10-19(20(26)11-18(15)22(33)34)21-30-12-16(13-31-21)25(27,28)29/h7,9-13,17H,5-6,8,14H2,1-4H3,(H,32,35). The van der Waals surface area contributed by atoms with Crippen LogP contribution in [0.3, 0.4) is 0 Å². The molecule has 1 atom stereocenters. The summed E-state index contributed by atoms with van der Waals surface area (Å²) >= 11 is 0. The van der Waals surface area contributed by atoms with Gasteiger partial charge in [-0.1, -0.05) is 0 Å².